The first kappa shape index (κ1) is 14.5. The van der Waals surface area contributed by atoms with Crippen molar-refractivity contribution in [3.8, 4) is 0 Å². The summed E-state index contributed by atoms with van der Waals surface area (Å²) < 4.78 is 48.4. The molecule has 0 spiro atoms. The van der Waals surface area contributed by atoms with Gasteiger partial charge in [0, 0.05) is 16.6 Å². The van der Waals surface area contributed by atoms with E-state index in [1.165, 1.54) is 6.07 Å². The third-order valence-electron chi connectivity index (χ3n) is 2.04. The van der Waals surface area contributed by atoms with Gasteiger partial charge in [-0.25, -0.2) is 0 Å². The van der Waals surface area contributed by atoms with E-state index in [9.17, 15) is 13.2 Å². The fraction of sp³-hybridized carbons (Fsp3) is 0.455. The summed E-state index contributed by atoms with van der Waals surface area (Å²) in [5.41, 5.74) is -0.608. The van der Waals surface area contributed by atoms with E-state index in [2.05, 4.69) is 15.9 Å². The van der Waals surface area contributed by atoms with Crippen LogP contribution in [0.5, 0.6) is 0 Å². The molecule has 0 amide bonds. The van der Waals surface area contributed by atoms with Crippen LogP contribution in [0.4, 0.5) is 13.2 Å². The number of ether oxygens (including phenoxy) is 2. The Morgan fingerprint density at radius 1 is 1.24 bits per heavy atom. The number of alkyl halides is 3. The van der Waals surface area contributed by atoms with Crippen LogP contribution in [0.3, 0.4) is 0 Å². The van der Waals surface area contributed by atoms with Gasteiger partial charge < -0.3 is 9.47 Å². The molecule has 0 heterocycles. The summed E-state index contributed by atoms with van der Waals surface area (Å²) in [4.78, 5) is 0. The zero-order valence-corrected chi connectivity index (χ0v) is 10.8. The molecule has 0 unspecified atom stereocenters. The second kappa shape index (κ2) is 6.37. The van der Waals surface area contributed by atoms with E-state index in [0.29, 0.717) is 11.1 Å². The lowest BCUT2D eigenvalue weighted by molar-refractivity contribution is -0.139. The zero-order chi connectivity index (χ0) is 12.9. The van der Waals surface area contributed by atoms with Gasteiger partial charge in [-0.3, -0.25) is 0 Å². The molecule has 1 rings (SSSR count). The maximum absolute atomic E-state index is 12.7. The molecular weight excluding hydrogens is 301 g/mol. The smallest absolute Gasteiger partial charge is 0.356 e. The monoisotopic (exact) mass is 312 g/mol. The Kier molecular flexibility index (Phi) is 5.42. The van der Waals surface area contributed by atoms with Crippen molar-refractivity contribution in [2.75, 3.05) is 13.4 Å². The van der Waals surface area contributed by atoms with Gasteiger partial charge in [0.2, 0.25) is 0 Å². The summed E-state index contributed by atoms with van der Waals surface area (Å²) >= 11 is 3.09. The second-order valence-electron chi connectivity index (χ2n) is 3.22. The molecule has 0 bridgehead atoms. The van der Waals surface area contributed by atoms with Gasteiger partial charge in [-0.15, -0.1) is 0 Å². The SMILES string of the molecule is CCOCOCc1c(Br)cccc1C(F)(F)F. The van der Waals surface area contributed by atoms with Crippen molar-refractivity contribution in [1.82, 2.24) is 0 Å². The minimum Gasteiger partial charge on any atom is -0.356 e. The van der Waals surface area contributed by atoms with Crippen molar-refractivity contribution >= 4 is 15.9 Å². The molecule has 0 N–H and O–H groups in total. The Morgan fingerprint density at radius 2 is 1.94 bits per heavy atom. The molecule has 2 nitrogen and oxygen atoms in total. The summed E-state index contributed by atoms with van der Waals surface area (Å²) in [5, 5.41) is 0. The van der Waals surface area contributed by atoms with E-state index in [4.69, 9.17) is 9.47 Å². The maximum Gasteiger partial charge on any atom is 0.416 e. The topological polar surface area (TPSA) is 18.5 Å². The van der Waals surface area contributed by atoms with Crippen LogP contribution < -0.4 is 0 Å². The minimum atomic E-state index is -4.38. The summed E-state index contributed by atoms with van der Waals surface area (Å²) in [7, 11) is 0. The molecule has 0 radical (unpaired) electrons. The highest BCUT2D eigenvalue weighted by Gasteiger charge is 2.33. The molecule has 0 saturated heterocycles. The lowest BCUT2D eigenvalue weighted by atomic mass is 10.1. The van der Waals surface area contributed by atoms with Crippen LogP contribution in [0, 0.1) is 0 Å². The van der Waals surface area contributed by atoms with Gasteiger partial charge >= 0.3 is 6.18 Å². The highest BCUT2D eigenvalue weighted by atomic mass is 79.9. The molecule has 0 fully saturated rings. The highest BCUT2D eigenvalue weighted by Crippen LogP contribution is 2.35. The molecule has 0 saturated carbocycles. The molecular formula is C11H12BrF3O2. The number of hydrogen-bond acceptors (Lipinski definition) is 2. The van der Waals surface area contributed by atoms with Crippen molar-refractivity contribution in [1.29, 1.82) is 0 Å². The molecule has 0 atom stereocenters. The number of benzene rings is 1. The second-order valence-corrected chi connectivity index (χ2v) is 4.08. The van der Waals surface area contributed by atoms with Crippen LogP contribution in [-0.2, 0) is 22.3 Å². The maximum atomic E-state index is 12.7. The van der Waals surface area contributed by atoms with E-state index < -0.39 is 11.7 Å². The van der Waals surface area contributed by atoms with Gasteiger partial charge in [-0.1, -0.05) is 22.0 Å². The Bertz CT molecular complexity index is 366. The van der Waals surface area contributed by atoms with Gasteiger partial charge in [0.05, 0.1) is 12.2 Å². The number of rotatable bonds is 5. The molecule has 17 heavy (non-hydrogen) atoms. The summed E-state index contributed by atoms with van der Waals surface area (Å²) in [5.74, 6) is 0. The van der Waals surface area contributed by atoms with E-state index in [-0.39, 0.29) is 19.0 Å². The lowest BCUT2D eigenvalue weighted by Gasteiger charge is -2.14. The van der Waals surface area contributed by atoms with Gasteiger partial charge in [0.25, 0.3) is 0 Å². The Hall–Kier alpha value is -0.590. The van der Waals surface area contributed by atoms with Crippen LogP contribution in [0.2, 0.25) is 0 Å². The minimum absolute atomic E-state index is 0.0187. The molecule has 1 aromatic rings. The Labute approximate surface area is 106 Å². The Balaban J connectivity index is 2.81. The summed E-state index contributed by atoms with van der Waals surface area (Å²) in [6.45, 7) is 2.08. The van der Waals surface area contributed by atoms with Crippen molar-refractivity contribution in [3.05, 3.63) is 33.8 Å². The van der Waals surface area contributed by atoms with Crippen LogP contribution >= 0.6 is 15.9 Å². The van der Waals surface area contributed by atoms with E-state index in [0.717, 1.165) is 6.07 Å². The average Bonchev–Trinajstić information content (AvgIpc) is 2.24. The lowest BCUT2D eigenvalue weighted by Crippen LogP contribution is -2.11. The van der Waals surface area contributed by atoms with E-state index in [1.807, 2.05) is 0 Å². The molecule has 0 aromatic heterocycles. The molecule has 0 aliphatic rings. The summed E-state index contributed by atoms with van der Waals surface area (Å²) in [6.07, 6.45) is -4.38. The van der Waals surface area contributed by atoms with Gasteiger partial charge in [-0.2, -0.15) is 13.2 Å². The largest absolute Gasteiger partial charge is 0.416 e. The third kappa shape index (κ3) is 4.29. The summed E-state index contributed by atoms with van der Waals surface area (Å²) in [6, 6.07) is 3.93. The first-order valence-corrected chi connectivity index (χ1v) is 5.76. The fourth-order valence-corrected chi connectivity index (χ4v) is 1.74. The van der Waals surface area contributed by atoms with Gasteiger partial charge in [-0.05, 0) is 19.1 Å². The van der Waals surface area contributed by atoms with Crippen molar-refractivity contribution in [2.45, 2.75) is 19.7 Å². The highest BCUT2D eigenvalue weighted by molar-refractivity contribution is 9.10. The molecule has 0 aliphatic heterocycles. The molecule has 6 heteroatoms. The third-order valence-corrected chi connectivity index (χ3v) is 2.78. The quantitative estimate of drug-likeness (QED) is 0.605. The normalized spacial score (nSPS) is 11.8. The predicted octanol–water partition coefficient (Wildman–Crippen LogP) is 3.98. The number of halogens is 4. The van der Waals surface area contributed by atoms with E-state index >= 15 is 0 Å². The zero-order valence-electron chi connectivity index (χ0n) is 9.18. The predicted molar refractivity (Wildman–Crippen MR) is 60.4 cm³/mol. The van der Waals surface area contributed by atoms with Crippen LogP contribution in [0.15, 0.2) is 22.7 Å². The van der Waals surface area contributed by atoms with Crippen molar-refractivity contribution < 1.29 is 22.6 Å². The standard InChI is InChI=1S/C11H12BrF3O2/c1-2-16-7-17-6-8-9(11(13,14)15)4-3-5-10(8)12/h3-5H,2,6-7H2,1H3. The van der Waals surface area contributed by atoms with Crippen molar-refractivity contribution in [2.24, 2.45) is 0 Å². The van der Waals surface area contributed by atoms with Crippen molar-refractivity contribution in [3.63, 3.8) is 0 Å². The molecule has 0 aliphatic carbocycles. The fourth-order valence-electron chi connectivity index (χ4n) is 1.26. The van der Waals surface area contributed by atoms with Crippen LogP contribution in [0.25, 0.3) is 0 Å². The first-order chi connectivity index (χ1) is 7.96. The van der Waals surface area contributed by atoms with Gasteiger partial charge in [0.15, 0.2) is 0 Å². The van der Waals surface area contributed by atoms with Gasteiger partial charge in [0.1, 0.15) is 6.79 Å². The first-order valence-electron chi connectivity index (χ1n) is 4.97. The van der Waals surface area contributed by atoms with Crippen LogP contribution in [-0.4, -0.2) is 13.4 Å². The molecule has 1 aromatic carbocycles. The number of hydrogen-bond donors (Lipinski definition) is 0. The Morgan fingerprint density at radius 3 is 2.53 bits per heavy atom. The average molecular weight is 313 g/mol. The van der Waals surface area contributed by atoms with Crippen LogP contribution in [0.1, 0.15) is 18.1 Å². The molecule has 96 valence electrons. The van der Waals surface area contributed by atoms with E-state index in [1.54, 1.807) is 13.0 Å².